The van der Waals surface area contributed by atoms with Crippen LogP contribution < -0.4 is 15.5 Å². The molecule has 1 aromatic heterocycles. The van der Waals surface area contributed by atoms with Crippen LogP contribution in [0.25, 0.3) is 0 Å². The Morgan fingerprint density at radius 2 is 1.80 bits per heavy atom. The number of carbonyl (C=O) groups is 1. The van der Waals surface area contributed by atoms with E-state index in [9.17, 15) is 9.18 Å². The average molecular weight is 405 g/mol. The van der Waals surface area contributed by atoms with Gasteiger partial charge in [0.05, 0.1) is 0 Å². The van der Waals surface area contributed by atoms with Gasteiger partial charge in [-0.25, -0.2) is 14.4 Å². The third-order valence-electron chi connectivity index (χ3n) is 5.10. The molecule has 3 aromatic rings. The molecule has 0 saturated carbocycles. The molecule has 0 bridgehead atoms. The average Bonchev–Trinajstić information content (AvgIpc) is 2.79. The molecule has 1 amide bonds. The van der Waals surface area contributed by atoms with Crippen molar-refractivity contribution in [2.24, 2.45) is 0 Å². The summed E-state index contributed by atoms with van der Waals surface area (Å²) < 4.78 is 13.0. The van der Waals surface area contributed by atoms with Crippen molar-refractivity contribution >= 4 is 23.2 Å². The maximum Gasteiger partial charge on any atom is 0.255 e. The second-order valence-corrected chi connectivity index (χ2v) is 7.32. The zero-order valence-electron chi connectivity index (χ0n) is 16.6. The molecular formula is C23H24FN5O. The van der Waals surface area contributed by atoms with Crippen molar-refractivity contribution in [3.05, 3.63) is 77.9 Å². The van der Waals surface area contributed by atoms with Gasteiger partial charge in [0.2, 0.25) is 0 Å². The van der Waals surface area contributed by atoms with Gasteiger partial charge >= 0.3 is 0 Å². The minimum atomic E-state index is -0.368. The van der Waals surface area contributed by atoms with Gasteiger partial charge < -0.3 is 15.5 Å². The quantitative estimate of drug-likeness (QED) is 0.633. The smallest absolute Gasteiger partial charge is 0.255 e. The third-order valence-corrected chi connectivity index (χ3v) is 5.10. The first kappa shape index (κ1) is 19.8. The van der Waals surface area contributed by atoms with Gasteiger partial charge in [-0.2, -0.15) is 0 Å². The number of nitrogens with zero attached hydrogens (tertiary/aromatic N) is 3. The Kier molecular flexibility index (Phi) is 6.17. The van der Waals surface area contributed by atoms with Crippen LogP contribution in [0.5, 0.6) is 0 Å². The van der Waals surface area contributed by atoms with Crippen LogP contribution in [0, 0.1) is 5.82 Å². The summed E-state index contributed by atoms with van der Waals surface area (Å²) in [5.74, 6) is 1.08. The molecule has 0 aliphatic carbocycles. The standard InChI is InChI=1S/C23H24FN5O/c24-19-9-7-18(8-10-19)23(30)28-20-6-4-5-17(13-20)15-25-21-14-22(27-16-26-21)29-11-2-1-3-12-29/h4-10,13-14,16H,1-3,11-12,15H2,(H,28,30)(H,25,26,27). The zero-order valence-corrected chi connectivity index (χ0v) is 16.6. The predicted molar refractivity (Wildman–Crippen MR) is 116 cm³/mol. The summed E-state index contributed by atoms with van der Waals surface area (Å²) in [6, 6.07) is 15.0. The van der Waals surface area contributed by atoms with E-state index in [4.69, 9.17) is 0 Å². The largest absolute Gasteiger partial charge is 0.366 e. The van der Waals surface area contributed by atoms with E-state index in [0.717, 1.165) is 30.3 Å². The minimum absolute atomic E-state index is 0.276. The van der Waals surface area contributed by atoms with Gasteiger partial charge in [0.25, 0.3) is 5.91 Å². The lowest BCUT2D eigenvalue weighted by Gasteiger charge is -2.27. The van der Waals surface area contributed by atoms with E-state index in [1.54, 1.807) is 6.33 Å². The molecule has 0 unspecified atom stereocenters. The van der Waals surface area contributed by atoms with Crippen LogP contribution in [-0.4, -0.2) is 29.0 Å². The highest BCUT2D eigenvalue weighted by Crippen LogP contribution is 2.20. The van der Waals surface area contributed by atoms with Crippen LogP contribution >= 0.6 is 0 Å². The van der Waals surface area contributed by atoms with Crippen molar-refractivity contribution in [1.82, 2.24) is 9.97 Å². The van der Waals surface area contributed by atoms with Crippen LogP contribution in [0.1, 0.15) is 35.2 Å². The summed E-state index contributed by atoms with van der Waals surface area (Å²) in [6.45, 7) is 2.63. The highest BCUT2D eigenvalue weighted by molar-refractivity contribution is 6.04. The van der Waals surface area contributed by atoms with E-state index < -0.39 is 0 Å². The number of amides is 1. The van der Waals surface area contributed by atoms with Crippen LogP contribution in [0.4, 0.5) is 21.7 Å². The Bertz CT molecular complexity index is 1000. The summed E-state index contributed by atoms with van der Waals surface area (Å²) in [4.78, 5) is 23.3. The first-order valence-corrected chi connectivity index (χ1v) is 10.1. The van der Waals surface area contributed by atoms with E-state index in [-0.39, 0.29) is 11.7 Å². The molecule has 0 radical (unpaired) electrons. The molecule has 1 aliphatic rings. The second kappa shape index (κ2) is 9.35. The Labute approximate surface area is 175 Å². The van der Waals surface area contributed by atoms with Crippen molar-refractivity contribution in [3.8, 4) is 0 Å². The Morgan fingerprint density at radius 1 is 1.00 bits per heavy atom. The van der Waals surface area contributed by atoms with Gasteiger partial charge in [0, 0.05) is 37.0 Å². The third kappa shape index (κ3) is 5.11. The predicted octanol–water partition coefficient (Wildman–Crippen LogP) is 4.47. The maximum atomic E-state index is 13.0. The number of aromatic nitrogens is 2. The monoisotopic (exact) mass is 405 g/mol. The molecule has 0 spiro atoms. The fraction of sp³-hybridized carbons (Fsp3) is 0.261. The van der Waals surface area contributed by atoms with Crippen LogP contribution in [-0.2, 0) is 6.54 Å². The second-order valence-electron chi connectivity index (χ2n) is 7.32. The van der Waals surface area contributed by atoms with E-state index in [1.165, 1.54) is 43.5 Å². The van der Waals surface area contributed by atoms with Gasteiger partial charge in [-0.15, -0.1) is 0 Å². The first-order chi connectivity index (χ1) is 14.7. The fourth-order valence-electron chi connectivity index (χ4n) is 3.50. The van der Waals surface area contributed by atoms with E-state index >= 15 is 0 Å². The highest BCUT2D eigenvalue weighted by Gasteiger charge is 2.13. The van der Waals surface area contributed by atoms with E-state index in [1.807, 2.05) is 30.3 Å². The highest BCUT2D eigenvalue weighted by atomic mass is 19.1. The summed E-state index contributed by atoms with van der Waals surface area (Å²) in [6.07, 6.45) is 5.26. The van der Waals surface area contributed by atoms with Crippen LogP contribution in [0.2, 0.25) is 0 Å². The van der Waals surface area contributed by atoms with E-state index in [2.05, 4.69) is 25.5 Å². The molecule has 7 heteroatoms. The number of anilines is 3. The number of halogens is 1. The van der Waals surface area contributed by atoms with Gasteiger partial charge in [-0.1, -0.05) is 12.1 Å². The lowest BCUT2D eigenvalue weighted by atomic mass is 10.1. The summed E-state index contributed by atoms with van der Waals surface area (Å²) >= 11 is 0. The van der Waals surface area contributed by atoms with Gasteiger partial charge in [0.1, 0.15) is 23.8 Å². The zero-order chi connectivity index (χ0) is 20.8. The molecule has 2 aromatic carbocycles. The van der Waals surface area contributed by atoms with Crippen molar-refractivity contribution in [1.29, 1.82) is 0 Å². The van der Waals surface area contributed by atoms with Crippen molar-refractivity contribution in [2.45, 2.75) is 25.8 Å². The number of rotatable bonds is 6. The normalized spacial score (nSPS) is 13.7. The molecule has 1 fully saturated rings. The summed E-state index contributed by atoms with van der Waals surface area (Å²) in [5, 5.41) is 6.17. The molecule has 2 heterocycles. The van der Waals surface area contributed by atoms with Crippen molar-refractivity contribution in [2.75, 3.05) is 28.6 Å². The number of nitrogens with one attached hydrogen (secondary N) is 2. The molecule has 154 valence electrons. The minimum Gasteiger partial charge on any atom is -0.366 e. The molecule has 2 N–H and O–H groups in total. The lowest BCUT2D eigenvalue weighted by molar-refractivity contribution is 0.102. The fourth-order valence-corrected chi connectivity index (χ4v) is 3.50. The lowest BCUT2D eigenvalue weighted by Crippen LogP contribution is -2.30. The Morgan fingerprint density at radius 3 is 2.60 bits per heavy atom. The van der Waals surface area contributed by atoms with Crippen molar-refractivity contribution in [3.63, 3.8) is 0 Å². The number of hydrogen-bond donors (Lipinski definition) is 2. The molecule has 1 aliphatic heterocycles. The maximum absolute atomic E-state index is 13.0. The molecule has 30 heavy (non-hydrogen) atoms. The van der Waals surface area contributed by atoms with Crippen molar-refractivity contribution < 1.29 is 9.18 Å². The Hall–Kier alpha value is -3.48. The number of carbonyl (C=O) groups excluding carboxylic acids is 1. The Balaban J connectivity index is 1.37. The van der Waals surface area contributed by atoms with E-state index in [0.29, 0.717) is 17.8 Å². The molecule has 4 rings (SSSR count). The van der Waals surface area contributed by atoms with Crippen LogP contribution in [0.15, 0.2) is 60.9 Å². The van der Waals surface area contributed by atoms with Gasteiger partial charge in [0.15, 0.2) is 0 Å². The van der Waals surface area contributed by atoms with Crippen LogP contribution in [0.3, 0.4) is 0 Å². The van der Waals surface area contributed by atoms with Gasteiger partial charge in [-0.05, 0) is 61.2 Å². The molecule has 0 atom stereocenters. The number of piperidine rings is 1. The molecule has 6 nitrogen and oxygen atoms in total. The summed E-state index contributed by atoms with van der Waals surface area (Å²) in [5.41, 5.74) is 2.09. The first-order valence-electron chi connectivity index (χ1n) is 10.1. The number of benzene rings is 2. The van der Waals surface area contributed by atoms with Gasteiger partial charge in [-0.3, -0.25) is 4.79 Å². The number of hydrogen-bond acceptors (Lipinski definition) is 5. The molecular weight excluding hydrogens is 381 g/mol. The molecule has 1 saturated heterocycles. The summed E-state index contributed by atoms with van der Waals surface area (Å²) in [7, 11) is 0. The topological polar surface area (TPSA) is 70.2 Å². The SMILES string of the molecule is O=C(Nc1cccc(CNc2cc(N3CCCCC3)ncn2)c1)c1ccc(F)cc1.